The predicted octanol–water partition coefficient (Wildman–Crippen LogP) is 3.42. The van der Waals surface area contributed by atoms with E-state index in [9.17, 15) is 9.59 Å². The minimum Gasteiger partial charge on any atom is -0.493 e. The van der Waals surface area contributed by atoms with Crippen LogP contribution in [0.1, 0.15) is 36.8 Å². The summed E-state index contributed by atoms with van der Waals surface area (Å²) in [6, 6.07) is 11.0. The van der Waals surface area contributed by atoms with Crippen LogP contribution in [0.2, 0.25) is 0 Å². The molecule has 0 aliphatic heterocycles. The summed E-state index contributed by atoms with van der Waals surface area (Å²) in [6.07, 6.45) is 10.4. The highest BCUT2D eigenvalue weighted by Crippen LogP contribution is 2.28. The molecule has 230 valence electrons. The van der Waals surface area contributed by atoms with E-state index in [0.29, 0.717) is 36.1 Å². The second kappa shape index (κ2) is 20.8. The Morgan fingerprint density at radius 2 is 0.929 bits per heavy atom. The summed E-state index contributed by atoms with van der Waals surface area (Å²) in [6.45, 7) is 4.83. The normalized spacial score (nSPS) is 11.0. The van der Waals surface area contributed by atoms with Gasteiger partial charge >= 0.3 is 0 Å². The zero-order valence-electron chi connectivity index (χ0n) is 25.3. The van der Waals surface area contributed by atoms with Crippen molar-refractivity contribution in [1.29, 1.82) is 0 Å². The van der Waals surface area contributed by atoms with E-state index < -0.39 is 0 Å². The standard InChI is InChI=1S/C32H46N4O6/c1-39-27-13-9-25(23-29(27)41-3)11-15-31(37)35-21-7-19-33-17-5-6-18-34-20-8-22-36-32(38)16-12-26-10-14-28(40-2)30(24-26)42-4/h9-16,23-24,33-34H,5-8,17-22H2,1-4H3,(H,35,37)(H,36,38)/b15-11+,16-12+. The van der Waals surface area contributed by atoms with Crippen molar-refractivity contribution in [2.24, 2.45) is 0 Å². The molecule has 0 bridgehead atoms. The maximum absolute atomic E-state index is 12.0. The van der Waals surface area contributed by atoms with Crippen molar-refractivity contribution in [3.63, 3.8) is 0 Å². The summed E-state index contributed by atoms with van der Waals surface area (Å²) < 4.78 is 21.0. The van der Waals surface area contributed by atoms with Crippen molar-refractivity contribution in [2.75, 3.05) is 67.7 Å². The van der Waals surface area contributed by atoms with E-state index >= 15 is 0 Å². The van der Waals surface area contributed by atoms with Gasteiger partial charge in [-0.25, -0.2) is 0 Å². The predicted molar refractivity (Wildman–Crippen MR) is 167 cm³/mol. The third kappa shape index (κ3) is 13.6. The quantitative estimate of drug-likeness (QED) is 0.131. The first kappa shape index (κ1) is 34.2. The van der Waals surface area contributed by atoms with Gasteiger partial charge in [-0.15, -0.1) is 0 Å². The fourth-order valence-corrected chi connectivity index (χ4v) is 3.97. The summed E-state index contributed by atoms with van der Waals surface area (Å²) in [5.74, 6) is 2.31. The number of carbonyl (C=O) groups is 2. The number of amides is 2. The number of nitrogens with one attached hydrogen (secondary N) is 4. The van der Waals surface area contributed by atoms with Crippen molar-refractivity contribution in [3.8, 4) is 23.0 Å². The van der Waals surface area contributed by atoms with Crippen LogP contribution in [0.5, 0.6) is 23.0 Å². The van der Waals surface area contributed by atoms with Gasteiger partial charge in [-0.05, 0) is 99.4 Å². The fourth-order valence-electron chi connectivity index (χ4n) is 3.97. The zero-order valence-corrected chi connectivity index (χ0v) is 25.3. The number of rotatable bonds is 21. The molecule has 0 radical (unpaired) electrons. The van der Waals surface area contributed by atoms with Gasteiger partial charge in [0.15, 0.2) is 23.0 Å². The Balaban J connectivity index is 1.41. The van der Waals surface area contributed by atoms with Crippen molar-refractivity contribution >= 4 is 24.0 Å². The molecule has 0 saturated carbocycles. The molecule has 10 nitrogen and oxygen atoms in total. The van der Waals surface area contributed by atoms with Crippen molar-refractivity contribution in [3.05, 3.63) is 59.7 Å². The van der Waals surface area contributed by atoms with E-state index in [4.69, 9.17) is 18.9 Å². The Morgan fingerprint density at radius 3 is 1.31 bits per heavy atom. The van der Waals surface area contributed by atoms with Crippen LogP contribution in [0.25, 0.3) is 12.2 Å². The highest BCUT2D eigenvalue weighted by Gasteiger charge is 2.04. The van der Waals surface area contributed by atoms with Gasteiger partial charge in [-0.3, -0.25) is 9.59 Å². The minimum absolute atomic E-state index is 0.124. The molecule has 0 aliphatic carbocycles. The van der Waals surface area contributed by atoms with Crippen LogP contribution in [-0.4, -0.2) is 79.5 Å². The average molecular weight is 583 g/mol. The van der Waals surface area contributed by atoms with Gasteiger partial charge in [0.05, 0.1) is 28.4 Å². The van der Waals surface area contributed by atoms with Gasteiger partial charge in [-0.1, -0.05) is 12.1 Å². The first-order valence-corrected chi connectivity index (χ1v) is 14.3. The van der Waals surface area contributed by atoms with Crippen molar-refractivity contribution in [1.82, 2.24) is 21.3 Å². The topological polar surface area (TPSA) is 119 Å². The maximum Gasteiger partial charge on any atom is 0.243 e. The number of hydrogen-bond donors (Lipinski definition) is 4. The summed E-state index contributed by atoms with van der Waals surface area (Å²) >= 11 is 0. The lowest BCUT2D eigenvalue weighted by Crippen LogP contribution is -2.27. The maximum atomic E-state index is 12.0. The molecular formula is C32H46N4O6. The smallest absolute Gasteiger partial charge is 0.243 e. The molecule has 42 heavy (non-hydrogen) atoms. The van der Waals surface area contributed by atoms with Crippen LogP contribution in [0.4, 0.5) is 0 Å². The first-order chi connectivity index (χ1) is 20.5. The number of hydrogen-bond acceptors (Lipinski definition) is 8. The number of ether oxygens (including phenoxy) is 4. The lowest BCUT2D eigenvalue weighted by molar-refractivity contribution is -0.117. The molecule has 0 spiro atoms. The molecule has 2 aromatic carbocycles. The molecule has 2 amide bonds. The van der Waals surface area contributed by atoms with Crippen LogP contribution < -0.4 is 40.2 Å². The summed E-state index contributed by atoms with van der Waals surface area (Å²) in [7, 11) is 6.34. The monoisotopic (exact) mass is 582 g/mol. The molecular weight excluding hydrogens is 536 g/mol. The highest BCUT2D eigenvalue weighted by molar-refractivity contribution is 5.92. The van der Waals surface area contributed by atoms with Crippen molar-refractivity contribution in [2.45, 2.75) is 25.7 Å². The van der Waals surface area contributed by atoms with E-state index in [2.05, 4.69) is 21.3 Å². The lowest BCUT2D eigenvalue weighted by atomic mass is 10.2. The molecule has 0 heterocycles. The number of carbonyl (C=O) groups excluding carboxylic acids is 2. The van der Waals surface area contributed by atoms with Crippen LogP contribution in [-0.2, 0) is 9.59 Å². The third-order valence-electron chi connectivity index (χ3n) is 6.29. The third-order valence-corrected chi connectivity index (χ3v) is 6.29. The molecule has 0 saturated heterocycles. The molecule has 0 fully saturated rings. The molecule has 2 rings (SSSR count). The number of unbranched alkanes of at least 4 members (excludes halogenated alkanes) is 1. The number of methoxy groups -OCH3 is 4. The first-order valence-electron chi connectivity index (χ1n) is 14.3. The largest absolute Gasteiger partial charge is 0.493 e. The fraction of sp³-hybridized carbons (Fsp3) is 0.438. The minimum atomic E-state index is -0.124. The van der Waals surface area contributed by atoms with E-state index in [1.54, 1.807) is 40.6 Å². The summed E-state index contributed by atoms with van der Waals surface area (Å²) in [5.41, 5.74) is 1.73. The molecule has 0 aliphatic rings. The molecule has 0 aromatic heterocycles. The van der Waals surface area contributed by atoms with E-state index in [1.165, 1.54) is 12.2 Å². The SMILES string of the molecule is COc1ccc(/C=C/C(=O)NCCCNCCCCNCCCNC(=O)/C=C/c2ccc(OC)c(OC)c2)cc1OC. The van der Waals surface area contributed by atoms with Gasteiger partial charge in [0.25, 0.3) is 0 Å². The number of benzene rings is 2. The van der Waals surface area contributed by atoms with E-state index in [0.717, 1.165) is 63.0 Å². The Morgan fingerprint density at radius 1 is 0.548 bits per heavy atom. The average Bonchev–Trinajstić information content (AvgIpc) is 3.02. The Bertz CT molecular complexity index is 1060. The highest BCUT2D eigenvalue weighted by atomic mass is 16.5. The van der Waals surface area contributed by atoms with Gasteiger partial charge < -0.3 is 40.2 Å². The van der Waals surface area contributed by atoms with Crippen LogP contribution >= 0.6 is 0 Å². The molecule has 0 unspecified atom stereocenters. The van der Waals surface area contributed by atoms with Gasteiger partial charge in [0.2, 0.25) is 11.8 Å². The van der Waals surface area contributed by atoms with E-state index in [1.807, 2.05) is 36.4 Å². The molecule has 4 N–H and O–H groups in total. The second-order valence-electron chi connectivity index (χ2n) is 9.39. The van der Waals surface area contributed by atoms with Gasteiger partial charge in [-0.2, -0.15) is 0 Å². The van der Waals surface area contributed by atoms with Crippen LogP contribution in [0, 0.1) is 0 Å². The Hall–Kier alpha value is -4.02. The Labute approximate surface area is 249 Å². The molecule has 10 heteroatoms. The van der Waals surface area contributed by atoms with Gasteiger partial charge in [0, 0.05) is 25.2 Å². The van der Waals surface area contributed by atoms with Crippen LogP contribution in [0.3, 0.4) is 0 Å². The van der Waals surface area contributed by atoms with Crippen LogP contribution in [0.15, 0.2) is 48.6 Å². The summed E-state index contributed by atoms with van der Waals surface area (Å²) in [5, 5.41) is 12.6. The van der Waals surface area contributed by atoms with Crippen molar-refractivity contribution < 1.29 is 28.5 Å². The zero-order chi connectivity index (χ0) is 30.4. The Kier molecular flexibility index (Phi) is 16.9. The molecule has 2 aromatic rings. The van der Waals surface area contributed by atoms with Gasteiger partial charge in [0.1, 0.15) is 0 Å². The summed E-state index contributed by atoms with van der Waals surface area (Å²) in [4.78, 5) is 24.1. The van der Waals surface area contributed by atoms with E-state index in [-0.39, 0.29) is 11.8 Å². The lowest BCUT2D eigenvalue weighted by Gasteiger charge is -2.08. The molecule has 0 atom stereocenters. The second-order valence-corrected chi connectivity index (χ2v) is 9.39.